The van der Waals surface area contributed by atoms with Gasteiger partial charge in [-0.2, -0.15) is 0 Å². The normalized spacial score (nSPS) is 24.2. The Labute approximate surface area is 117 Å². The molecule has 2 atom stereocenters. The highest BCUT2D eigenvalue weighted by atomic mass is 79.9. The third-order valence-electron chi connectivity index (χ3n) is 3.92. The van der Waals surface area contributed by atoms with E-state index in [9.17, 15) is 4.39 Å². The Kier molecular flexibility index (Phi) is 5.19. The lowest BCUT2D eigenvalue weighted by atomic mass is 9.75. The van der Waals surface area contributed by atoms with Gasteiger partial charge in [-0.1, -0.05) is 35.7 Å². The summed E-state index contributed by atoms with van der Waals surface area (Å²) in [5.74, 6) is 0.893. The molecular formula is C15H21BrFN. The fraction of sp³-hybridized carbons (Fsp3) is 0.600. The monoisotopic (exact) mass is 313 g/mol. The second-order valence-corrected chi connectivity index (χ2v) is 6.04. The average Bonchev–Trinajstić information content (AvgIpc) is 2.39. The lowest BCUT2D eigenvalue weighted by Gasteiger charge is -2.32. The molecule has 1 aromatic carbocycles. The van der Waals surface area contributed by atoms with Crippen LogP contribution in [0.2, 0.25) is 0 Å². The van der Waals surface area contributed by atoms with Gasteiger partial charge in [-0.05, 0) is 61.5 Å². The summed E-state index contributed by atoms with van der Waals surface area (Å²) in [6, 6.07) is 5.32. The van der Waals surface area contributed by atoms with Crippen LogP contribution in [-0.4, -0.2) is 13.1 Å². The summed E-state index contributed by atoms with van der Waals surface area (Å²) in [5.41, 5.74) is 0.895. The maximum Gasteiger partial charge on any atom is 0.126 e. The molecular weight excluding hydrogens is 293 g/mol. The molecule has 1 N–H and O–H groups in total. The summed E-state index contributed by atoms with van der Waals surface area (Å²) in [6.07, 6.45) is 4.83. The Morgan fingerprint density at radius 3 is 2.89 bits per heavy atom. The van der Waals surface area contributed by atoms with Crippen LogP contribution in [0.1, 0.15) is 44.1 Å². The third-order valence-corrected chi connectivity index (χ3v) is 4.42. The fourth-order valence-corrected chi connectivity index (χ4v) is 3.37. The molecule has 2 rings (SSSR count). The first-order valence-corrected chi connectivity index (χ1v) is 7.67. The van der Waals surface area contributed by atoms with Gasteiger partial charge in [0.2, 0.25) is 0 Å². The molecule has 0 bridgehead atoms. The van der Waals surface area contributed by atoms with E-state index in [-0.39, 0.29) is 5.82 Å². The number of rotatable bonds is 4. The van der Waals surface area contributed by atoms with Gasteiger partial charge < -0.3 is 5.32 Å². The zero-order valence-corrected chi connectivity index (χ0v) is 12.5. The van der Waals surface area contributed by atoms with Gasteiger partial charge in [-0.25, -0.2) is 4.39 Å². The van der Waals surface area contributed by atoms with Gasteiger partial charge in [-0.3, -0.25) is 0 Å². The van der Waals surface area contributed by atoms with Crippen LogP contribution >= 0.6 is 15.9 Å². The fourth-order valence-electron chi connectivity index (χ4n) is 2.99. The van der Waals surface area contributed by atoms with Gasteiger partial charge in [0.1, 0.15) is 5.82 Å². The van der Waals surface area contributed by atoms with Gasteiger partial charge >= 0.3 is 0 Å². The maximum atomic E-state index is 14.0. The number of hydrogen-bond acceptors (Lipinski definition) is 1. The van der Waals surface area contributed by atoms with Crippen molar-refractivity contribution in [3.05, 3.63) is 34.1 Å². The van der Waals surface area contributed by atoms with Gasteiger partial charge in [0.05, 0.1) is 0 Å². The van der Waals surface area contributed by atoms with Gasteiger partial charge in [0.25, 0.3) is 0 Å². The molecule has 1 fully saturated rings. The smallest absolute Gasteiger partial charge is 0.126 e. The van der Waals surface area contributed by atoms with E-state index in [1.54, 1.807) is 12.1 Å². The van der Waals surface area contributed by atoms with Crippen molar-refractivity contribution in [3.8, 4) is 0 Å². The van der Waals surface area contributed by atoms with Gasteiger partial charge in [0.15, 0.2) is 0 Å². The van der Waals surface area contributed by atoms with E-state index in [2.05, 4.69) is 28.2 Å². The van der Waals surface area contributed by atoms with Crippen LogP contribution in [0.4, 0.5) is 4.39 Å². The zero-order valence-electron chi connectivity index (χ0n) is 10.9. The minimum atomic E-state index is -0.0494. The molecule has 0 spiro atoms. The topological polar surface area (TPSA) is 12.0 Å². The van der Waals surface area contributed by atoms with E-state index in [1.165, 1.54) is 19.3 Å². The van der Waals surface area contributed by atoms with E-state index in [4.69, 9.17) is 0 Å². The highest BCUT2D eigenvalue weighted by Gasteiger charge is 2.28. The number of halogens is 2. The molecule has 100 valence electrons. The van der Waals surface area contributed by atoms with E-state index in [1.807, 2.05) is 6.07 Å². The van der Waals surface area contributed by atoms with Crippen molar-refractivity contribution in [2.75, 3.05) is 13.1 Å². The molecule has 0 heterocycles. The molecule has 0 aromatic heterocycles. The summed E-state index contributed by atoms with van der Waals surface area (Å²) < 4.78 is 15.0. The van der Waals surface area contributed by atoms with Crippen LogP contribution in [0.5, 0.6) is 0 Å². The first kappa shape index (κ1) is 14.0. The number of benzene rings is 1. The van der Waals surface area contributed by atoms with Gasteiger partial charge in [-0.15, -0.1) is 0 Å². The van der Waals surface area contributed by atoms with E-state index in [0.29, 0.717) is 11.8 Å². The van der Waals surface area contributed by atoms with Crippen molar-refractivity contribution < 1.29 is 4.39 Å². The Balaban J connectivity index is 2.19. The molecule has 0 aliphatic heterocycles. The maximum absolute atomic E-state index is 14.0. The Hall–Kier alpha value is -0.410. The summed E-state index contributed by atoms with van der Waals surface area (Å²) >= 11 is 3.45. The van der Waals surface area contributed by atoms with E-state index < -0.39 is 0 Å². The van der Waals surface area contributed by atoms with Crippen molar-refractivity contribution in [2.45, 2.75) is 38.5 Å². The van der Waals surface area contributed by atoms with Crippen LogP contribution in [0.25, 0.3) is 0 Å². The van der Waals surface area contributed by atoms with Crippen molar-refractivity contribution >= 4 is 15.9 Å². The Morgan fingerprint density at radius 2 is 2.11 bits per heavy atom. The SMILES string of the molecule is CCNCC1CCCCC1c1cc(Br)ccc1F. The molecule has 1 aliphatic rings. The molecule has 2 unspecified atom stereocenters. The standard InChI is InChI=1S/C15H21BrFN/c1-2-18-10-11-5-3-4-6-13(11)14-9-12(16)7-8-15(14)17/h7-9,11,13,18H,2-6,10H2,1H3. The molecule has 0 radical (unpaired) electrons. The number of hydrogen-bond donors (Lipinski definition) is 1. The van der Waals surface area contributed by atoms with Crippen molar-refractivity contribution in [1.29, 1.82) is 0 Å². The van der Waals surface area contributed by atoms with Crippen LogP contribution in [0.15, 0.2) is 22.7 Å². The van der Waals surface area contributed by atoms with E-state index >= 15 is 0 Å². The molecule has 0 saturated heterocycles. The molecule has 3 heteroatoms. The number of nitrogens with one attached hydrogen (secondary N) is 1. The largest absolute Gasteiger partial charge is 0.317 e. The lowest BCUT2D eigenvalue weighted by Crippen LogP contribution is -2.29. The van der Waals surface area contributed by atoms with Crippen LogP contribution in [-0.2, 0) is 0 Å². The quantitative estimate of drug-likeness (QED) is 0.864. The minimum absolute atomic E-state index is 0.0494. The van der Waals surface area contributed by atoms with Crippen LogP contribution in [0, 0.1) is 11.7 Å². The summed E-state index contributed by atoms with van der Waals surface area (Å²) in [5, 5.41) is 3.42. The predicted molar refractivity (Wildman–Crippen MR) is 77.3 cm³/mol. The lowest BCUT2D eigenvalue weighted by molar-refractivity contribution is 0.291. The molecule has 1 aliphatic carbocycles. The highest BCUT2D eigenvalue weighted by Crippen LogP contribution is 2.39. The first-order valence-electron chi connectivity index (χ1n) is 6.88. The molecule has 18 heavy (non-hydrogen) atoms. The molecule has 1 saturated carbocycles. The first-order chi connectivity index (χ1) is 8.72. The molecule has 1 aromatic rings. The van der Waals surface area contributed by atoms with E-state index in [0.717, 1.165) is 29.5 Å². The van der Waals surface area contributed by atoms with Crippen LogP contribution in [0.3, 0.4) is 0 Å². The second-order valence-electron chi connectivity index (χ2n) is 5.12. The van der Waals surface area contributed by atoms with Crippen molar-refractivity contribution in [1.82, 2.24) is 5.32 Å². The zero-order chi connectivity index (χ0) is 13.0. The van der Waals surface area contributed by atoms with Gasteiger partial charge in [0, 0.05) is 4.47 Å². The predicted octanol–water partition coefficient (Wildman–Crippen LogP) is 4.47. The summed E-state index contributed by atoms with van der Waals surface area (Å²) in [7, 11) is 0. The minimum Gasteiger partial charge on any atom is -0.317 e. The molecule has 0 amide bonds. The third kappa shape index (κ3) is 3.33. The van der Waals surface area contributed by atoms with Crippen molar-refractivity contribution in [2.24, 2.45) is 5.92 Å². The average molecular weight is 314 g/mol. The molecule has 1 nitrogen and oxygen atoms in total. The Bertz CT molecular complexity index is 394. The van der Waals surface area contributed by atoms with Crippen molar-refractivity contribution in [3.63, 3.8) is 0 Å². The summed E-state index contributed by atoms with van der Waals surface area (Å²) in [4.78, 5) is 0. The highest BCUT2D eigenvalue weighted by molar-refractivity contribution is 9.10. The second kappa shape index (κ2) is 6.67. The Morgan fingerprint density at radius 1 is 1.33 bits per heavy atom. The summed E-state index contributed by atoms with van der Waals surface area (Å²) in [6.45, 7) is 4.12. The van der Waals surface area contributed by atoms with Crippen LogP contribution < -0.4 is 5.32 Å².